The zero-order valence-electron chi connectivity index (χ0n) is 16.5. The number of amides is 1. The molecule has 2 saturated heterocycles. The van der Waals surface area contributed by atoms with Crippen LogP contribution in [0.25, 0.3) is 5.65 Å². The predicted molar refractivity (Wildman–Crippen MR) is 108 cm³/mol. The summed E-state index contributed by atoms with van der Waals surface area (Å²) in [5, 5.41) is 0.639. The summed E-state index contributed by atoms with van der Waals surface area (Å²) in [4.78, 5) is 22.1. The summed E-state index contributed by atoms with van der Waals surface area (Å²) in [6.07, 6.45) is 7.13. The molecule has 0 aliphatic carbocycles. The largest absolute Gasteiger partial charge is 0.337 e. The van der Waals surface area contributed by atoms with Crippen molar-refractivity contribution in [1.82, 2.24) is 19.2 Å². The SMILES string of the molecule is CC(C)(C)CN1CCCC2(CCN(C(=O)c3cn4cc(Cl)ccc4n3)C2)C1. The van der Waals surface area contributed by atoms with Gasteiger partial charge in [-0.3, -0.25) is 4.79 Å². The maximum absolute atomic E-state index is 13.0. The van der Waals surface area contributed by atoms with Crippen molar-refractivity contribution < 1.29 is 4.79 Å². The van der Waals surface area contributed by atoms with Gasteiger partial charge in [0.2, 0.25) is 0 Å². The number of nitrogens with zero attached hydrogens (tertiary/aromatic N) is 4. The highest BCUT2D eigenvalue weighted by Gasteiger charge is 2.43. The second-order valence-electron chi connectivity index (χ2n) is 9.59. The molecule has 27 heavy (non-hydrogen) atoms. The van der Waals surface area contributed by atoms with Crippen LogP contribution in [0.3, 0.4) is 0 Å². The lowest BCUT2D eigenvalue weighted by atomic mass is 9.78. The highest BCUT2D eigenvalue weighted by Crippen LogP contribution is 2.40. The molecule has 2 aromatic rings. The van der Waals surface area contributed by atoms with Crippen molar-refractivity contribution in [2.75, 3.05) is 32.7 Å². The second kappa shape index (κ2) is 6.78. The first-order valence-electron chi connectivity index (χ1n) is 9.89. The van der Waals surface area contributed by atoms with Crippen molar-refractivity contribution in [1.29, 1.82) is 0 Å². The maximum Gasteiger partial charge on any atom is 0.274 e. The van der Waals surface area contributed by atoms with Gasteiger partial charge in [0.25, 0.3) is 5.91 Å². The van der Waals surface area contributed by atoms with Gasteiger partial charge in [0.1, 0.15) is 11.3 Å². The number of hydrogen-bond acceptors (Lipinski definition) is 3. The van der Waals surface area contributed by atoms with Crippen LogP contribution in [0.2, 0.25) is 5.02 Å². The smallest absolute Gasteiger partial charge is 0.274 e. The van der Waals surface area contributed by atoms with E-state index in [1.807, 2.05) is 15.4 Å². The fourth-order valence-corrected chi connectivity index (χ4v) is 4.96. The predicted octanol–water partition coefficient (Wildman–Crippen LogP) is 3.96. The molecule has 4 heterocycles. The van der Waals surface area contributed by atoms with Gasteiger partial charge in [-0.2, -0.15) is 0 Å². The quantitative estimate of drug-likeness (QED) is 0.781. The van der Waals surface area contributed by atoms with Crippen molar-refractivity contribution in [3.05, 3.63) is 35.2 Å². The number of likely N-dealkylation sites (tertiary alicyclic amines) is 2. The lowest BCUT2D eigenvalue weighted by Gasteiger charge is -2.42. The Kier molecular flexibility index (Phi) is 4.71. The first kappa shape index (κ1) is 18.8. The lowest BCUT2D eigenvalue weighted by Crippen LogP contribution is -2.47. The van der Waals surface area contributed by atoms with E-state index in [2.05, 4.69) is 30.7 Å². The second-order valence-corrected chi connectivity index (χ2v) is 10.0. The van der Waals surface area contributed by atoms with Gasteiger partial charge in [-0.15, -0.1) is 0 Å². The Morgan fingerprint density at radius 3 is 2.78 bits per heavy atom. The van der Waals surface area contributed by atoms with Crippen LogP contribution in [-0.4, -0.2) is 57.8 Å². The number of piperidine rings is 1. The topological polar surface area (TPSA) is 40.9 Å². The van der Waals surface area contributed by atoms with Crippen LogP contribution in [-0.2, 0) is 0 Å². The van der Waals surface area contributed by atoms with Crippen molar-refractivity contribution in [2.45, 2.75) is 40.0 Å². The third-order valence-corrected chi connectivity index (χ3v) is 6.02. The Bertz CT molecular complexity index is 855. The minimum Gasteiger partial charge on any atom is -0.337 e. The summed E-state index contributed by atoms with van der Waals surface area (Å²) in [5.41, 5.74) is 1.83. The minimum absolute atomic E-state index is 0.0413. The molecule has 2 aliphatic rings. The molecule has 0 N–H and O–H groups in total. The Morgan fingerprint density at radius 1 is 1.19 bits per heavy atom. The van der Waals surface area contributed by atoms with Crippen molar-refractivity contribution >= 4 is 23.2 Å². The zero-order chi connectivity index (χ0) is 19.2. The first-order chi connectivity index (χ1) is 12.7. The van der Waals surface area contributed by atoms with Crippen LogP contribution < -0.4 is 0 Å². The normalized spacial score (nSPS) is 24.2. The maximum atomic E-state index is 13.0. The van der Waals surface area contributed by atoms with Gasteiger partial charge >= 0.3 is 0 Å². The van der Waals surface area contributed by atoms with E-state index in [9.17, 15) is 4.79 Å². The van der Waals surface area contributed by atoms with E-state index in [4.69, 9.17) is 11.6 Å². The van der Waals surface area contributed by atoms with Gasteiger partial charge in [0.05, 0.1) is 5.02 Å². The fourth-order valence-electron chi connectivity index (χ4n) is 4.79. The molecular formula is C21H29ClN4O. The number of hydrogen-bond donors (Lipinski definition) is 0. The number of fused-ring (bicyclic) bond motifs is 1. The summed E-state index contributed by atoms with van der Waals surface area (Å²) < 4.78 is 1.83. The third kappa shape index (κ3) is 3.99. The molecule has 1 atom stereocenters. The number of aromatic nitrogens is 2. The van der Waals surface area contributed by atoms with E-state index in [0.717, 1.165) is 38.2 Å². The number of carbonyl (C=O) groups is 1. The first-order valence-corrected chi connectivity index (χ1v) is 10.3. The van der Waals surface area contributed by atoms with Crippen LogP contribution in [0.5, 0.6) is 0 Å². The average Bonchev–Trinajstić information content (AvgIpc) is 3.17. The zero-order valence-corrected chi connectivity index (χ0v) is 17.3. The summed E-state index contributed by atoms with van der Waals surface area (Å²) in [5.74, 6) is 0.0413. The van der Waals surface area contributed by atoms with Crippen LogP contribution in [0.1, 0.15) is 50.5 Å². The van der Waals surface area contributed by atoms with E-state index in [-0.39, 0.29) is 11.3 Å². The van der Waals surface area contributed by atoms with Crippen LogP contribution >= 0.6 is 11.6 Å². The van der Waals surface area contributed by atoms with Crippen molar-refractivity contribution in [3.63, 3.8) is 0 Å². The Morgan fingerprint density at radius 2 is 2.00 bits per heavy atom. The number of imidazole rings is 1. The molecule has 5 nitrogen and oxygen atoms in total. The fraction of sp³-hybridized carbons (Fsp3) is 0.619. The van der Waals surface area contributed by atoms with Crippen LogP contribution in [0.15, 0.2) is 24.5 Å². The molecule has 0 bridgehead atoms. The molecule has 0 radical (unpaired) electrons. The van der Waals surface area contributed by atoms with E-state index in [1.54, 1.807) is 18.5 Å². The average molecular weight is 389 g/mol. The third-order valence-electron chi connectivity index (χ3n) is 5.80. The molecule has 2 aromatic heterocycles. The molecule has 0 aromatic carbocycles. The molecule has 2 fully saturated rings. The van der Waals surface area contributed by atoms with Crippen LogP contribution in [0, 0.1) is 10.8 Å². The number of pyridine rings is 1. The molecule has 4 rings (SSSR count). The number of rotatable bonds is 2. The summed E-state index contributed by atoms with van der Waals surface area (Å²) in [7, 11) is 0. The van der Waals surface area contributed by atoms with Crippen molar-refractivity contribution in [2.24, 2.45) is 10.8 Å². The number of carbonyl (C=O) groups excluding carboxylic acids is 1. The standard InChI is InChI=1S/C21H29ClN4O/c1-20(2,3)13-24-9-4-7-21(14-24)8-10-25(15-21)19(27)17-12-26-11-16(22)5-6-18(26)23-17/h5-6,11-12H,4,7-10,13-15H2,1-3H3. The lowest BCUT2D eigenvalue weighted by molar-refractivity contribution is 0.0592. The van der Waals surface area contributed by atoms with Gasteiger partial charge in [-0.05, 0) is 43.4 Å². The Hall–Kier alpha value is -1.59. The summed E-state index contributed by atoms with van der Waals surface area (Å²) in [6.45, 7) is 12.0. The van der Waals surface area contributed by atoms with E-state index in [0.29, 0.717) is 16.1 Å². The minimum atomic E-state index is 0.0413. The molecule has 6 heteroatoms. The van der Waals surface area contributed by atoms with Gasteiger partial charge in [0.15, 0.2) is 0 Å². The van der Waals surface area contributed by atoms with Gasteiger partial charge in [-0.1, -0.05) is 32.4 Å². The van der Waals surface area contributed by atoms with E-state index < -0.39 is 0 Å². The van der Waals surface area contributed by atoms with Gasteiger partial charge in [0, 0.05) is 44.0 Å². The highest BCUT2D eigenvalue weighted by molar-refractivity contribution is 6.30. The molecule has 2 aliphatic heterocycles. The molecule has 1 unspecified atom stereocenters. The van der Waals surface area contributed by atoms with E-state index in [1.165, 1.54) is 19.4 Å². The monoisotopic (exact) mass is 388 g/mol. The Labute approximate surface area is 166 Å². The molecule has 1 amide bonds. The number of halogens is 1. The highest BCUT2D eigenvalue weighted by atomic mass is 35.5. The molecule has 146 valence electrons. The Balaban J connectivity index is 1.47. The molecule has 0 saturated carbocycles. The molecule has 1 spiro atoms. The van der Waals surface area contributed by atoms with E-state index >= 15 is 0 Å². The van der Waals surface area contributed by atoms with Gasteiger partial charge in [-0.25, -0.2) is 4.98 Å². The summed E-state index contributed by atoms with van der Waals surface area (Å²) >= 11 is 6.04. The van der Waals surface area contributed by atoms with Crippen LogP contribution in [0.4, 0.5) is 0 Å². The van der Waals surface area contributed by atoms with Gasteiger partial charge < -0.3 is 14.2 Å². The molecular weight excluding hydrogens is 360 g/mol. The summed E-state index contributed by atoms with van der Waals surface area (Å²) in [6, 6.07) is 3.64. The van der Waals surface area contributed by atoms with Crippen molar-refractivity contribution in [3.8, 4) is 0 Å².